The van der Waals surface area contributed by atoms with Gasteiger partial charge in [-0.05, 0) is 43.4 Å². The van der Waals surface area contributed by atoms with E-state index in [2.05, 4.69) is 6.92 Å². The second-order valence-electron chi connectivity index (χ2n) is 6.16. The van der Waals surface area contributed by atoms with Crippen LogP contribution in [-0.2, 0) is 4.74 Å². The Balaban J connectivity index is 1.62. The third-order valence-electron chi connectivity index (χ3n) is 4.19. The van der Waals surface area contributed by atoms with Gasteiger partial charge < -0.3 is 19.3 Å². The highest BCUT2D eigenvalue weighted by Gasteiger charge is 2.20. The van der Waals surface area contributed by atoms with Gasteiger partial charge in [0.15, 0.2) is 11.5 Å². The first-order valence-corrected chi connectivity index (χ1v) is 7.91. The Morgan fingerprint density at radius 2 is 2.05 bits per heavy atom. The molecule has 1 saturated heterocycles. The monoisotopic (exact) mass is 292 g/mol. The van der Waals surface area contributed by atoms with Crippen molar-refractivity contribution in [1.29, 1.82) is 0 Å². The second-order valence-corrected chi connectivity index (χ2v) is 6.16. The highest BCUT2D eigenvalue weighted by atomic mass is 16.5. The molecule has 3 atom stereocenters. The molecule has 0 saturated carbocycles. The largest absolute Gasteiger partial charge is 0.489 e. The van der Waals surface area contributed by atoms with Gasteiger partial charge in [0.05, 0.1) is 25.4 Å². The van der Waals surface area contributed by atoms with Crippen LogP contribution in [-0.4, -0.2) is 31.0 Å². The van der Waals surface area contributed by atoms with Crippen LogP contribution in [0.1, 0.15) is 44.3 Å². The molecule has 1 aromatic carbocycles. The van der Waals surface area contributed by atoms with Crippen LogP contribution in [0.5, 0.6) is 11.5 Å². The van der Waals surface area contributed by atoms with Gasteiger partial charge in [0.2, 0.25) is 0 Å². The zero-order valence-electron chi connectivity index (χ0n) is 12.6. The topological polar surface area (TPSA) is 47.9 Å². The summed E-state index contributed by atoms with van der Waals surface area (Å²) in [7, 11) is 0. The highest BCUT2D eigenvalue weighted by molar-refractivity contribution is 5.44. The first-order chi connectivity index (χ1) is 10.2. The van der Waals surface area contributed by atoms with Gasteiger partial charge in [-0.3, -0.25) is 0 Å². The second kappa shape index (κ2) is 6.67. The number of aliphatic hydroxyl groups is 1. The third kappa shape index (κ3) is 3.69. The van der Waals surface area contributed by atoms with Crippen molar-refractivity contribution in [3.8, 4) is 11.5 Å². The highest BCUT2D eigenvalue weighted by Crippen LogP contribution is 2.34. The van der Waals surface area contributed by atoms with E-state index in [4.69, 9.17) is 14.2 Å². The normalized spacial score (nSPS) is 26.4. The minimum Gasteiger partial charge on any atom is -0.489 e. The zero-order chi connectivity index (χ0) is 14.7. The van der Waals surface area contributed by atoms with Crippen LogP contribution in [0.4, 0.5) is 0 Å². The van der Waals surface area contributed by atoms with Crippen molar-refractivity contribution in [3.05, 3.63) is 23.8 Å². The summed E-state index contributed by atoms with van der Waals surface area (Å²) >= 11 is 0. The fourth-order valence-electron chi connectivity index (χ4n) is 2.86. The van der Waals surface area contributed by atoms with Crippen molar-refractivity contribution in [1.82, 2.24) is 0 Å². The maximum Gasteiger partial charge on any atom is 0.161 e. The molecule has 1 fully saturated rings. The maximum atomic E-state index is 10.4. The number of hydrogen-bond donors (Lipinski definition) is 1. The summed E-state index contributed by atoms with van der Waals surface area (Å²) in [5.41, 5.74) is 0.893. The Hall–Kier alpha value is -1.26. The van der Waals surface area contributed by atoms with Crippen LogP contribution in [0.3, 0.4) is 0 Å². The predicted molar refractivity (Wildman–Crippen MR) is 79.8 cm³/mol. The van der Waals surface area contributed by atoms with E-state index >= 15 is 0 Å². The Bertz CT molecular complexity index is 468. The molecule has 4 heteroatoms. The van der Waals surface area contributed by atoms with E-state index in [1.54, 1.807) is 0 Å². The van der Waals surface area contributed by atoms with Crippen molar-refractivity contribution in [3.63, 3.8) is 0 Å². The van der Waals surface area contributed by atoms with Gasteiger partial charge in [-0.2, -0.15) is 0 Å². The molecule has 0 amide bonds. The summed E-state index contributed by atoms with van der Waals surface area (Å²) in [5.74, 6) is 1.90. The molecular weight excluding hydrogens is 268 g/mol. The Morgan fingerprint density at radius 3 is 2.81 bits per heavy atom. The summed E-state index contributed by atoms with van der Waals surface area (Å²) in [5, 5.41) is 10.4. The van der Waals surface area contributed by atoms with Gasteiger partial charge in [-0.1, -0.05) is 13.0 Å². The lowest BCUT2D eigenvalue weighted by Crippen LogP contribution is -2.12. The lowest BCUT2D eigenvalue weighted by atomic mass is 10.0. The smallest absolute Gasteiger partial charge is 0.161 e. The molecular formula is C17H24O4. The molecule has 3 rings (SSSR count). The lowest BCUT2D eigenvalue weighted by Gasteiger charge is -2.16. The van der Waals surface area contributed by atoms with Gasteiger partial charge in [-0.15, -0.1) is 0 Å². The van der Waals surface area contributed by atoms with Gasteiger partial charge in [-0.25, -0.2) is 0 Å². The standard InChI is InChI=1S/C17H24O4/c1-12-10-20-16-7-4-13(9-17(16)21-11-12)15(18)6-5-14-3-2-8-19-14/h4,7,9,12,14-15,18H,2-3,5-6,8,10-11H2,1H3. The number of ether oxygens (including phenoxy) is 3. The van der Waals surface area contributed by atoms with E-state index in [0.29, 0.717) is 25.2 Å². The molecule has 0 aromatic heterocycles. The molecule has 3 unspecified atom stereocenters. The molecule has 0 aliphatic carbocycles. The molecule has 21 heavy (non-hydrogen) atoms. The molecule has 0 bridgehead atoms. The van der Waals surface area contributed by atoms with E-state index in [1.807, 2.05) is 18.2 Å². The van der Waals surface area contributed by atoms with Crippen LogP contribution >= 0.6 is 0 Å². The first-order valence-electron chi connectivity index (χ1n) is 7.91. The van der Waals surface area contributed by atoms with Crippen LogP contribution in [0, 0.1) is 5.92 Å². The Labute approximate surface area is 126 Å². The molecule has 116 valence electrons. The van der Waals surface area contributed by atoms with Crippen LogP contribution < -0.4 is 9.47 Å². The minimum absolute atomic E-state index is 0.320. The fourth-order valence-corrected chi connectivity index (χ4v) is 2.86. The summed E-state index contributed by atoms with van der Waals surface area (Å²) in [4.78, 5) is 0. The van der Waals surface area contributed by atoms with E-state index in [9.17, 15) is 5.11 Å². The molecule has 2 aliphatic rings. The van der Waals surface area contributed by atoms with Gasteiger partial charge in [0, 0.05) is 12.5 Å². The zero-order valence-corrected chi connectivity index (χ0v) is 12.6. The minimum atomic E-state index is -0.469. The Morgan fingerprint density at radius 1 is 1.24 bits per heavy atom. The lowest BCUT2D eigenvalue weighted by molar-refractivity contribution is 0.0811. The van der Waals surface area contributed by atoms with Crippen molar-refractivity contribution in [2.45, 2.75) is 44.8 Å². The molecule has 2 aliphatic heterocycles. The van der Waals surface area contributed by atoms with Crippen molar-refractivity contribution in [2.24, 2.45) is 5.92 Å². The average molecular weight is 292 g/mol. The number of fused-ring (bicyclic) bond motifs is 1. The maximum absolute atomic E-state index is 10.4. The van der Waals surface area contributed by atoms with Crippen LogP contribution in [0.15, 0.2) is 18.2 Å². The van der Waals surface area contributed by atoms with Crippen molar-refractivity contribution >= 4 is 0 Å². The van der Waals surface area contributed by atoms with Crippen LogP contribution in [0.25, 0.3) is 0 Å². The molecule has 1 N–H and O–H groups in total. The van der Waals surface area contributed by atoms with Crippen molar-refractivity contribution in [2.75, 3.05) is 19.8 Å². The first kappa shape index (κ1) is 14.7. The molecule has 0 spiro atoms. The quantitative estimate of drug-likeness (QED) is 0.926. The molecule has 0 radical (unpaired) electrons. The van der Waals surface area contributed by atoms with E-state index < -0.39 is 6.10 Å². The van der Waals surface area contributed by atoms with E-state index in [-0.39, 0.29) is 0 Å². The number of rotatable bonds is 4. The summed E-state index contributed by atoms with van der Waals surface area (Å²) in [6.07, 6.45) is 3.74. The average Bonchev–Trinajstić information content (AvgIpc) is 2.95. The van der Waals surface area contributed by atoms with E-state index in [0.717, 1.165) is 49.4 Å². The summed E-state index contributed by atoms with van der Waals surface area (Å²) < 4.78 is 17.1. The number of benzene rings is 1. The summed E-state index contributed by atoms with van der Waals surface area (Å²) in [6.45, 7) is 4.29. The Kier molecular flexibility index (Phi) is 4.66. The molecule has 1 aromatic rings. The summed E-state index contributed by atoms with van der Waals surface area (Å²) in [6, 6.07) is 5.74. The van der Waals surface area contributed by atoms with Gasteiger partial charge in [0.25, 0.3) is 0 Å². The SMILES string of the molecule is CC1COc2ccc(C(O)CCC3CCCO3)cc2OC1. The van der Waals surface area contributed by atoms with Gasteiger partial charge >= 0.3 is 0 Å². The third-order valence-corrected chi connectivity index (χ3v) is 4.19. The fraction of sp³-hybridized carbons (Fsp3) is 0.647. The van der Waals surface area contributed by atoms with Crippen molar-refractivity contribution < 1.29 is 19.3 Å². The molecule has 2 heterocycles. The number of hydrogen-bond acceptors (Lipinski definition) is 4. The molecule has 4 nitrogen and oxygen atoms in total. The van der Waals surface area contributed by atoms with E-state index in [1.165, 1.54) is 0 Å². The predicted octanol–water partition coefficient (Wildman–Crippen LogP) is 3.09. The van der Waals surface area contributed by atoms with Crippen LogP contribution in [0.2, 0.25) is 0 Å². The van der Waals surface area contributed by atoms with Gasteiger partial charge in [0.1, 0.15) is 0 Å². The number of aliphatic hydroxyl groups excluding tert-OH is 1.